The number of carbonyl (C=O) groups is 1. The minimum absolute atomic E-state index is 0.341. The molecule has 0 radical (unpaired) electrons. The molecule has 3 rings (SSSR count). The van der Waals surface area contributed by atoms with E-state index in [1.807, 2.05) is 0 Å². The normalized spacial score (nSPS) is 22.9. The molecule has 4 nitrogen and oxygen atoms in total. The maximum absolute atomic E-state index is 12.3. The summed E-state index contributed by atoms with van der Waals surface area (Å²) in [5, 5.41) is 3.47. The molecule has 1 aromatic rings. The summed E-state index contributed by atoms with van der Waals surface area (Å²) >= 11 is 0. The first kappa shape index (κ1) is 15.5. The average Bonchev–Trinajstić information content (AvgIpc) is 3.08. The van der Waals surface area contributed by atoms with Crippen LogP contribution in [-0.4, -0.2) is 54.5 Å². The lowest BCUT2D eigenvalue weighted by molar-refractivity contribution is -0.133. The minimum atomic E-state index is 0.341. The molecule has 120 valence electrons. The number of rotatable bonds is 5. The van der Waals surface area contributed by atoms with Crippen molar-refractivity contribution in [1.82, 2.24) is 15.1 Å². The van der Waals surface area contributed by atoms with Crippen LogP contribution in [0.1, 0.15) is 31.2 Å². The molecule has 0 saturated carbocycles. The number of carbonyl (C=O) groups excluding carboxylic acids is 1. The van der Waals surface area contributed by atoms with Gasteiger partial charge in [-0.1, -0.05) is 30.3 Å². The van der Waals surface area contributed by atoms with E-state index >= 15 is 0 Å². The Hall–Kier alpha value is -1.39. The van der Waals surface area contributed by atoms with Gasteiger partial charge in [0.1, 0.15) is 0 Å². The SMILES string of the molecule is O=C(CCC1CCCN1)N1CCN(Cc2ccccc2)CC1. The van der Waals surface area contributed by atoms with Gasteiger partial charge in [-0.25, -0.2) is 0 Å². The molecule has 2 aliphatic heterocycles. The van der Waals surface area contributed by atoms with Crippen LogP contribution in [-0.2, 0) is 11.3 Å². The zero-order valence-electron chi connectivity index (χ0n) is 13.3. The third-order valence-corrected chi connectivity index (χ3v) is 4.84. The fourth-order valence-corrected chi connectivity index (χ4v) is 3.46. The molecule has 1 amide bonds. The summed E-state index contributed by atoms with van der Waals surface area (Å²) in [4.78, 5) is 16.8. The fraction of sp³-hybridized carbons (Fsp3) is 0.611. The molecule has 4 heteroatoms. The summed E-state index contributed by atoms with van der Waals surface area (Å²) in [6.45, 7) is 5.85. The van der Waals surface area contributed by atoms with E-state index in [-0.39, 0.29) is 0 Å². The van der Waals surface area contributed by atoms with Crippen molar-refractivity contribution in [2.75, 3.05) is 32.7 Å². The number of piperazine rings is 1. The second-order valence-corrected chi connectivity index (χ2v) is 6.47. The van der Waals surface area contributed by atoms with Crippen molar-refractivity contribution in [3.63, 3.8) is 0 Å². The highest BCUT2D eigenvalue weighted by Crippen LogP contribution is 2.13. The molecule has 2 aliphatic rings. The molecule has 0 aliphatic carbocycles. The summed E-state index contributed by atoms with van der Waals surface area (Å²) in [6, 6.07) is 11.2. The highest BCUT2D eigenvalue weighted by Gasteiger charge is 2.22. The Bertz CT molecular complexity index is 462. The first-order valence-electron chi connectivity index (χ1n) is 8.59. The highest BCUT2D eigenvalue weighted by molar-refractivity contribution is 5.76. The zero-order chi connectivity index (χ0) is 15.2. The summed E-state index contributed by atoms with van der Waals surface area (Å²) in [5.41, 5.74) is 1.36. The number of benzene rings is 1. The van der Waals surface area contributed by atoms with E-state index in [4.69, 9.17) is 0 Å². The minimum Gasteiger partial charge on any atom is -0.340 e. The molecule has 0 bridgehead atoms. The number of nitrogens with zero attached hydrogens (tertiary/aromatic N) is 2. The van der Waals surface area contributed by atoms with E-state index < -0.39 is 0 Å². The summed E-state index contributed by atoms with van der Waals surface area (Å²) in [5.74, 6) is 0.341. The maximum atomic E-state index is 12.3. The number of amides is 1. The van der Waals surface area contributed by atoms with Crippen molar-refractivity contribution < 1.29 is 4.79 Å². The summed E-state index contributed by atoms with van der Waals surface area (Å²) in [6.07, 6.45) is 4.20. The lowest BCUT2D eigenvalue weighted by Crippen LogP contribution is -2.48. The molecule has 0 aromatic heterocycles. The van der Waals surface area contributed by atoms with Crippen LogP contribution < -0.4 is 5.32 Å². The Labute approximate surface area is 133 Å². The van der Waals surface area contributed by atoms with Gasteiger partial charge in [-0.3, -0.25) is 9.69 Å². The second kappa shape index (κ2) is 7.75. The van der Waals surface area contributed by atoms with E-state index in [0.717, 1.165) is 45.7 Å². The first-order chi connectivity index (χ1) is 10.8. The second-order valence-electron chi connectivity index (χ2n) is 6.47. The van der Waals surface area contributed by atoms with Crippen molar-refractivity contribution in [1.29, 1.82) is 0 Å². The van der Waals surface area contributed by atoms with Gasteiger partial charge >= 0.3 is 0 Å². The lowest BCUT2D eigenvalue weighted by atomic mass is 10.1. The van der Waals surface area contributed by atoms with Crippen LogP contribution in [0.3, 0.4) is 0 Å². The van der Waals surface area contributed by atoms with Crippen LogP contribution in [0.4, 0.5) is 0 Å². The van der Waals surface area contributed by atoms with Gasteiger partial charge < -0.3 is 10.2 Å². The summed E-state index contributed by atoms with van der Waals surface area (Å²) in [7, 11) is 0. The van der Waals surface area contributed by atoms with Gasteiger partial charge in [0, 0.05) is 45.2 Å². The Kier molecular flexibility index (Phi) is 5.46. The molecule has 2 heterocycles. The van der Waals surface area contributed by atoms with Gasteiger partial charge in [-0.05, 0) is 31.4 Å². The van der Waals surface area contributed by atoms with Crippen LogP contribution >= 0.6 is 0 Å². The molecule has 1 atom stereocenters. The number of nitrogens with one attached hydrogen (secondary N) is 1. The average molecular weight is 301 g/mol. The van der Waals surface area contributed by atoms with Crippen LogP contribution in [0.2, 0.25) is 0 Å². The van der Waals surface area contributed by atoms with Crippen molar-refractivity contribution in [2.24, 2.45) is 0 Å². The van der Waals surface area contributed by atoms with Crippen molar-refractivity contribution in [2.45, 2.75) is 38.3 Å². The number of hydrogen-bond acceptors (Lipinski definition) is 3. The Balaban J connectivity index is 1.38. The van der Waals surface area contributed by atoms with E-state index in [2.05, 4.69) is 45.4 Å². The smallest absolute Gasteiger partial charge is 0.222 e. The van der Waals surface area contributed by atoms with Crippen molar-refractivity contribution in [3.8, 4) is 0 Å². The van der Waals surface area contributed by atoms with Crippen molar-refractivity contribution >= 4 is 5.91 Å². The van der Waals surface area contributed by atoms with Crippen LogP contribution in [0.5, 0.6) is 0 Å². The monoisotopic (exact) mass is 301 g/mol. The van der Waals surface area contributed by atoms with Gasteiger partial charge in [0.25, 0.3) is 0 Å². The predicted molar refractivity (Wildman–Crippen MR) is 88.6 cm³/mol. The van der Waals surface area contributed by atoms with Gasteiger partial charge in [0.2, 0.25) is 5.91 Å². The molecular weight excluding hydrogens is 274 g/mol. The fourth-order valence-electron chi connectivity index (χ4n) is 3.46. The van der Waals surface area contributed by atoms with Crippen molar-refractivity contribution in [3.05, 3.63) is 35.9 Å². The van der Waals surface area contributed by atoms with E-state index in [1.165, 1.54) is 18.4 Å². The Morgan fingerprint density at radius 1 is 1.14 bits per heavy atom. The van der Waals surface area contributed by atoms with E-state index in [0.29, 0.717) is 18.4 Å². The third-order valence-electron chi connectivity index (χ3n) is 4.84. The molecule has 1 N–H and O–H groups in total. The standard InChI is InChI=1S/C18H27N3O/c22-18(9-8-17-7-4-10-19-17)21-13-11-20(12-14-21)15-16-5-2-1-3-6-16/h1-3,5-6,17,19H,4,7-15H2. The van der Waals surface area contributed by atoms with Crippen LogP contribution in [0.15, 0.2) is 30.3 Å². The molecule has 0 spiro atoms. The topological polar surface area (TPSA) is 35.6 Å². The summed E-state index contributed by atoms with van der Waals surface area (Å²) < 4.78 is 0. The van der Waals surface area contributed by atoms with E-state index in [9.17, 15) is 4.79 Å². The Morgan fingerprint density at radius 2 is 1.91 bits per heavy atom. The molecule has 1 aromatic carbocycles. The predicted octanol–water partition coefficient (Wildman–Crippen LogP) is 1.86. The maximum Gasteiger partial charge on any atom is 0.222 e. The van der Waals surface area contributed by atoms with Crippen LogP contribution in [0.25, 0.3) is 0 Å². The molecular formula is C18H27N3O. The highest BCUT2D eigenvalue weighted by atomic mass is 16.2. The lowest BCUT2D eigenvalue weighted by Gasteiger charge is -2.35. The third kappa shape index (κ3) is 4.31. The van der Waals surface area contributed by atoms with Crippen LogP contribution in [0, 0.1) is 0 Å². The van der Waals surface area contributed by atoms with Gasteiger partial charge in [0.05, 0.1) is 0 Å². The van der Waals surface area contributed by atoms with Gasteiger partial charge in [0.15, 0.2) is 0 Å². The van der Waals surface area contributed by atoms with E-state index in [1.54, 1.807) is 0 Å². The van der Waals surface area contributed by atoms with Gasteiger partial charge in [-0.15, -0.1) is 0 Å². The quantitative estimate of drug-likeness (QED) is 0.902. The molecule has 22 heavy (non-hydrogen) atoms. The molecule has 2 saturated heterocycles. The Morgan fingerprint density at radius 3 is 2.59 bits per heavy atom. The molecule has 1 unspecified atom stereocenters. The zero-order valence-corrected chi connectivity index (χ0v) is 13.3. The largest absolute Gasteiger partial charge is 0.340 e. The van der Waals surface area contributed by atoms with Gasteiger partial charge in [-0.2, -0.15) is 0 Å². The first-order valence-corrected chi connectivity index (χ1v) is 8.59. The molecule has 2 fully saturated rings. The number of hydrogen-bond donors (Lipinski definition) is 1.